The standard InChI is InChI=1S/C38H38F3N3O6/c1-4-42-35(47)37(36(48)43-5-2,27-11-7-6-8-12-27)21-22-50-33(45)24-25-15-20-31(32(23-25)49-3)44-34(46)30-14-10-9-13-29(30)26-16-18-28(19-17-26)38(39,40)41/h6-20,23H,4-5,21-22,24H2,1-3H3,(H,42,47)(H,43,48)(H,44,46). The van der Waals surface area contributed by atoms with E-state index >= 15 is 0 Å². The SMILES string of the molecule is CCNC(=O)C(CCOC(=O)Cc1ccc(NC(=O)c2ccccc2-c2ccc(C(F)(F)F)cc2)c(OC)c1)(C(=O)NCC)c1ccccc1. The monoisotopic (exact) mass is 689 g/mol. The zero-order chi connectivity index (χ0) is 36.3. The fourth-order valence-electron chi connectivity index (χ4n) is 5.53. The van der Waals surface area contributed by atoms with Crippen LogP contribution in [0.15, 0.2) is 97.1 Å². The van der Waals surface area contributed by atoms with E-state index in [9.17, 15) is 32.3 Å². The predicted molar refractivity (Wildman–Crippen MR) is 183 cm³/mol. The summed E-state index contributed by atoms with van der Waals surface area (Å²) >= 11 is 0. The van der Waals surface area contributed by atoms with Crippen LogP contribution in [0.4, 0.5) is 18.9 Å². The molecule has 3 amide bonds. The number of carbonyl (C=O) groups excluding carboxylic acids is 4. The molecule has 0 heterocycles. The molecule has 12 heteroatoms. The molecule has 0 fully saturated rings. The van der Waals surface area contributed by atoms with Crippen LogP contribution < -0.4 is 20.7 Å². The second-order valence-electron chi connectivity index (χ2n) is 11.2. The number of anilines is 1. The first-order valence-electron chi connectivity index (χ1n) is 16.0. The lowest BCUT2D eigenvalue weighted by molar-refractivity contribution is -0.147. The number of benzene rings is 4. The lowest BCUT2D eigenvalue weighted by atomic mass is 9.75. The topological polar surface area (TPSA) is 123 Å². The summed E-state index contributed by atoms with van der Waals surface area (Å²) in [6.45, 7) is 3.88. The first-order valence-corrected chi connectivity index (χ1v) is 16.0. The first-order chi connectivity index (χ1) is 23.9. The lowest BCUT2D eigenvalue weighted by Gasteiger charge is -2.31. The molecule has 0 aliphatic rings. The molecule has 0 spiro atoms. The smallest absolute Gasteiger partial charge is 0.416 e. The van der Waals surface area contributed by atoms with Crippen LogP contribution in [0.25, 0.3) is 11.1 Å². The Morgan fingerprint density at radius 3 is 1.96 bits per heavy atom. The van der Waals surface area contributed by atoms with Crippen LogP contribution in [0, 0.1) is 0 Å². The second kappa shape index (κ2) is 16.6. The van der Waals surface area contributed by atoms with Crippen LogP contribution in [0.2, 0.25) is 0 Å². The average Bonchev–Trinajstić information content (AvgIpc) is 3.11. The minimum atomic E-state index is -4.48. The third-order valence-corrected chi connectivity index (χ3v) is 8.01. The van der Waals surface area contributed by atoms with Gasteiger partial charge in [0.1, 0.15) is 5.75 Å². The number of ether oxygens (including phenoxy) is 2. The van der Waals surface area contributed by atoms with E-state index < -0.39 is 40.8 Å². The van der Waals surface area contributed by atoms with Gasteiger partial charge in [-0.1, -0.05) is 66.7 Å². The Bertz CT molecular complexity index is 1790. The van der Waals surface area contributed by atoms with Crippen molar-refractivity contribution < 1.29 is 41.8 Å². The Labute approximate surface area is 288 Å². The molecule has 50 heavy (non-hydrogen) atoms. The molecule has 0 aromatic heterocycles. The van der Waals surface area contributed by atoms with Crippen molar-refractivity contribution in [3.63, 3.8) is 0 Å². The van der Waals surface area contributed by atoms with E-state index in [2.05, 4.69) is 16.0 Å². The van der Waals surface area contributed by atoms with E-state index in [0.29, 0.717) is 41.0 Å². The number of rotatable bonds is 14. The van der Waals surface area contributed by atoms with Gasteiger partial charge in [-0.05, 0) is 66.4 Å². The fraction of sp³-hybridized carbons (Fsp3) is 0.263. The summed E-state index contributed by atoms with van der Waals surface area (Å²) in [4.78, 5) is 53.0. The normalized spacial score (nSPS) is 11.3. The number of methoxy groups -OCH3 is 1. The quantitative estimate of drug-likeness (QED) is 0.105. The molecule has 0 aliphatic carbocycles. The van der Waals surface area contributed by atoms with Crippen molar-refractivity contribution in [1.29, 1.82) is 0 Å². The van der Waals surface area contributed by atoms with E-state index in [1.165, 1.54) is 19.2 Å². The Kier molecular flexibility index (Phi) is 12.4. The van der Waals surface area contributed by atoms with Crippen LogP contribution in [0.3, 0.4) is 0 Å². The maximum Gasteiger partial charge on any atom is 0.416 e. The van der Waals surface area contributed by atoms with Gasteiger partial charge in [-0.25, -0.2) is 0 Å². The van der Waals surface area contributed by atoms with Gasteiger partial charge in [-0.15, -0.1) is 0 Å². The Morgan fingerprint density at radius 2 is 1.36 bits per heavy atom. The molecule has 0 radical (unpaired) electrons. The molecule has 0 saturated heterocycles. The number of amides is 3. The maximum absolute atomic E-state index is 13.4. The summed E-state index contributed by atoms with van der Waals surface area (Å²) in [5.74, 6) is -1.88. The molecule has 4 rings (SSSR count). The van der Waals surface area contributed by atoms with Crippen molar-refractivity contribution >= 4 is 29.4 Å². The highest BCUT2D eigenvalue weighted by Gasteiger charge is 2.47. The maximum atomic E-state index is 13.4. The van der Waals surface area contributed by atoms with Crippen molar-refractivity contribution in [1.82, 2.24) is 10.6 Å². The first kappa shape index (κ1) is 37.2. The minimum Gasteiger partial charge on any atom is -0.495 e. The van der Waals surface area contributed by atoms with E-state index in [1.807, 2.05) is 0 Å². The Hall–Kier alpha value is -5.65. The Morgan fingerprint density at radius 1 is 0.740 bits per heavy atom. The van der Waals surface area contributed by atoms with Gasteiger partial charge in [0.15, 0.2) is 5.41 Å². The predicted octanol–water partition coefficient (Wildman–Crippen LogP) is 6.32. The number of hydrogen-bond acceptors (Lipinski definition) is 6. The molecule has 4 aromatic rings. The summed E-state index contributed by atoms with van der Waals surface area (Å²) < 4.78 is 50.2. The van der Waals surface area contributed by atoms with Gasteiger partial charge < -0.3 is 25.4 Å². The third-order valence-electron chi connectivity index (χ3n) is 8.01. The van der Waals surface area contributed by atoms with Crippen molar-refractivity contribution in [2.45, 2.75) is 38.3 Å². The second-order valence-corrected chi connectivity index (χ2v) is 11.2. The lowest BCUT2D eigenvalue weighted by Crippen LogP contribution is -2.55. The van der Waals surface area contributed by atoms with E-state index in [-0.39, 0.29) is 30.8 Å². The highest BCUT2D eigenvalue weighted by Crippen LogP contribution is 2.33. The van der Waals surface area contributed by atoms with Crippen LogP contribution >= 0.6 is 0 Å². The van der Waals surface area contributed by atoms with Crippen molar-refractivity contribution in [2.24, 2.45) is 0 Å². The third kappa shape index (κ3) is 8.68. The summed E-state index contributed by atoms with van der Waals surface area (Å²) in [6, 6.07) is 24.4. The fourth-order valence-corrected chi connectivity index (χ4v) is 5.53. The van der Waals surface area contributed by atoms with E-state index in [4.69, 9.17) is 9.47 Å². The molecule has 0 aliphatic heterocycles. The van der Waals surface area contributed by atoms with E-state index in [0.717, 1.165) is 12.1 Å². The van der Waals surface area contributed by atoms with Gasteiger partial charge >= 0.3 is 12.1 Å². The number of halogens is 3. The molecular formula is C38H38F3N3O6. The van der Waals surface area contributed by atoms with Crippen molar-refractivity contribution in [2.75, 3.05) is 32.1 Å². The van der Waals surface area contributed by atoms with Gasteiger partial charge in [-0.2, -0.15) is 13.2 Å². The largest absolute Gasteiger partial charge is 0.495 e. The molecule has 4 aromatic carbocycles. The number of esters is 1. The average molecular weight is 690 g/mol. The minimum absolute atomic E-state index is 0.0946. The molecular weight excluding hydrogens is 651 g/mol. The van der Waals surface area contributed by atoms with Crippen molar-refractivity contribution in [3.8, 4) is 16.9 Å². The van der Waals surface area contributed by atoms with Crippen LogP contribution in [0.1, 0.15) is 47.3 Å². The van der Waals surface area contributed by atoms with Crippen molar-refractivity contribution in [3.05, 3.63) is 119 Å². The molecule has 3 N–H and O–H groups in total. The van der Waals surface area contributed by atoms with Gasteiger partial charge in [0, 0.05) is 25.1 Å². The van der Waals surface area contributed by atoms with Crippen LogP contribution in [-0.2, 0) is 37.1 Å². The number of alkyl halides is 3. The highest BCUT2D eigenvalue weighted by molar-refractivity contribution is 6.11. The summed E-state index contributed by atoms with van der Waals surface area (Å²) in [5, 5.41) is 8.26. The van der Waals surface area contributed by atoms with Crippen LogP contribution in [0.5, 0.6) is 5.75 Å². The summed E-state index contributed by atoms with van der Waals surface area (Å²) in [7, 11) is 1.40. The number of likely N-dealkylation sites (N-methyl/N-ethyl adjacent to an activating group) is 2. The van der Waals surface area contributed by atoms with E-state index in [1.54, 1.807) is 86.6 Å². The highest BCUT2D eigenvalue weighted by atomic mass is 19.4. The zero-order valence-electron chi connectivity index (χ0n) is 27.9. The van der Waals surface area contributed by atoms with Gasteiger partial charge in [-0.3, -0.25) is 19.2 Å². The van der Waals surface area contributed by atoms with Gasteiger partial charge in [0.25, 0.3) is 5.91 Å². The number of nitrogens with one attached hydrogen (secondary N) is 3. The summed E-state index contributed by atoms with van der Waals surface area (Å²) in [6.07, 6.45) is -4.74. The molecule has 0 atom stereocenters. The van der Waals surface area contributed by atoms with Crippen LogP contribution in [-0.4, -0.2) is 50.5 Å². The number of carbonyl (C=O) groups is 4. The summed E-state index contributed by atoms with van der Waals surface area (Å²) in [5.41, 5.74) is -0.0377. The zero-order valence-corrected chi connectivity index (χ0v) is 27.9. The molecule has 9 nitrogen and oxygen atoms in total. The number of hydrogen-bond donors (Lipinski definition) is 3. The van der Waals surface area contributed by atoms with Gasteiger partial charge in [0.05, 0.1) is 31.4 Å². The Balaban J connectivity index is 1.46. The van der Waals surface area contributed by atoms with Gasteiger partial charge in [0.2, 0.25) is 11.8 Å². The molecule has 0 unspecified atom stereocenters. The molecule has 0 bridgehead atoms. The molecule has 262 valence electrons. The molecule has 0 saturated carbocycles.